The predicted octanol–water partition coefficient (Wildman–Crippen LogP) is 4.42. The Balaban J connectivity index is 2.26. The fraction of sp³-hybridized carbons (Fsp3) is 0.118. The van der Waals surface area contributed by atoms with Crippen LogP contribution in [-0.2, 0) is 22.9 Å². The van der Waals surface area contributed by atoms with Crippen molar-refractivity contribution in [2.75, 3.05) is 0 Å². The van der Waals surface area contributed by atoms with Crippen LogP contribution in [0, 0.1) is 11.6 Å². The van der Waals surface area contributed by atoms with Gasteiger partial charge >= 0.3 is 6.18 Å². The molecule has 0 amide bonds. The molecule has 0 bridgehead atoms. The molecule has 3 rings (SSSR count). The Morgan fingerprint density at radius 1 is 1.07 bits per heavy atom. The van der Waals surface area contributed by atoms with E-state index in [1.807, 2.05) is 0 Å². The third kappa shape index (κ3) is 3.98. The van der Waals surface area contributed by atoms with E-state index in [9.17, 15) is 34.8 Å². The number of nitrogens with two attached hydrogens (primary N) is 1. The zero-order chi connectivity index (χ0) is 21.6. The summed E-state index contributed by atoms with van der Waals surface area (Å²) in [5.41, 5.74) is -2.75. The molecule has 0 saturated heterocycles. The number of alkyl halides is 4. The molecule has 2 N–H and O–H groups in total. The topological polar surface area (TPSA) is 86.2 Å². The number of hydrogen-bond donors (Lipinski definition) is 1. The van der Waals surface area contributed by atoms with Crippen molar-refractivity contribution in [2.45, 2.75) is 17.7 Å². The summed E-state index contributed by atoms with van der Waals surface area (Å²) in [4.78, 5) is -1.14. The Hall–Kier alpha value is -2.86. The summed E-state index contributed by atoms with van der Waals surface area (Å²) in [6, 6.07) is 4.40. The van der Waals surface area contributed by atoms with Gasteiger partial charge in [0.25, 0.3) is 0 Å². The van der Waals surface area contributed by atoms with E-state index in [1.54, 1.807) is 0 Å². The number of nitrogens with zero attached hydrogens (tertiary/aromatic N) is 1. The SMILES string of the molecule is NS(=O)(=O)c1cc(F)c(-c2c(-c3cccc(C(F)(F)F)c3)noc2CF)cc1F. The van der Waals surface area contributed by atoms with Crippen molar-refractivity contribution in [1.29, 1.82) is 0 Å². The summed E-state index contributed by atoms with van der Waals surface area (Å²) < 4.78 is 108. The molecule has 1 aromatic heterocycles. The Morgan fingerprint density at radius 2 is 1.76 bits per heavy atom. The van der Waals surface area contributed by atoms with E-state index in [0.717, 1.165) is 12.1 Å². The second-order valence-corrected chi connectivity index (χ2v) is 7.38. The van der Waals surface area contributed by atoms with Crippen LogP contribution in [-0.4, -0.2) is 13.6 Å². The van der Waals surface area contributed by atoms with Crippen LogP contribution in [0.4, 0.5) is 26.3 Å². The van der Waals surface area contributed by atoms with Crippen molar-refractivity contribution >= 4 is 10.0 Å². The second kappa shape index (κ2) is 7.19. The van der Waals surface area contributed by atoms with Crippen molar-refractivity contribution < 1.29 is 39.3 Å². The highest BCUT2D eigenvalue weighted by molar-refractivity contribution is 7.89. The first-order chi connectivity index (χ1) is 13.4. The van der Waals surface area contributed by atoms with E-state index < -0.39 is 61.9 Å². The summed E-state index contributed by atoms with van der Waals surface area (Å²) in [5, 5.41) is 8.28. The maximum Gasteiger partial charge on any atom is 0.416 e. The predicted molar refractivity (Wildman–Crippen MR) is 88.5 cm³/mol. The van der Waals surface area contributed by atoms with Crippen molar-refractivity contribution in [1.82, 2.24) is 5.16 Å². The molecular formula is C17H10F6N2O3S. The lowest BCUT2D eigenvalue weighted by Gasteiger charge is -2.10. The van der Waals surface area contributed by atoms with E-state index in [0.29, 0.717) is 12.1 Å². The molecule has 0 aliphatic heterocycles. The zero-order valence-corrected chi connectivity index (χ0v) is 14.9. The summed E-state index contributed by atoms with van der Waals surface area (Å²) in [5.74, 6) is -3.34. The number of benzene rings is 2. The van der Waals surface area contributed by atoms with Crippen LogP contribution in [0.5, 0.6) is 0 Å². The van der Waals surface area contributed by atoms with Gasteiger partial charge in [0.2, 0.25) is 10.0 Å². The van der Waals surface area contributed by atoms with Gasteiger partial charge in [-0.05, 0) is 24.3 Å². The minimum Gasteiger partial charge on any atom is -0.357 e. The molecule has 0 fully saturated rings. The van der Waals surface area contributed by atoms with Gasteiger partial charge in [0.15, 0.2) is 12.4 Å². The Kier molecular flexibility index (Phi) is 5.17. The molecule has 0 radical (unpaired) electrons. The molecule has 5 nitrogen and oxygen atoms in total. The number of halogens is 6. The van der Waals surface area contributed by atoms with E-state index >= 15 is 0 Å². The number of primary sulfonamides is 1. The molecule has 2 aromatic carbocycles. The highest BCUT2D eigenvalue weighted by Crippen LogP contribution is 2.39. The average Bonchev–Trinajstić information content (AvgIpc) is 3.05. The molecule has 0 saturated carbocycles. The van der Waals surface area contributed by atoms with Gasteiger partial charge in [0.1, 0.15) is 22.2 Å². The second-order valence-electron chi connectivity index (χ2n) is 5.85. The molecule has 0 spiro atoms. The third-order valence-corrected chi connectivity index (χ3v) is 4.87. The Labute approximate surface area is 159 Å². The number of aromatic nitrogens is 1. The van der Waals surface area contributed by atoms with Gasteiger partial charge in [-0.15, -0.1) is 0 Å². The monoisotopic (exact) mass is 436 g/mol. The van der Waals surface area contributed by atoms with Crippen molar-refractivity contribution in [3.63, 3.8) is 0 Å². The molecule has 0 aliphatic rings. The van der Waals surface area contributed by atoms with Crippen LogP contribution < -0.4 is 5.14 Å². The fourth-order valence-electron chi connectivity index (χ4n) is 2.67. The summed E-state index contributed by atoms with van der Waals surface area (Å²) in [7, 11) is -4.59. The average molecular weight is 436 g/mol. The zero-order valence-electron chi connectivity index (χ0n) is 14.1. The first-order valence-electron chi connectivity index (χ1n) is 7.68. The lowest BCUT2D eigenvalue weighted by molar-refractivity contribution is -0.137. The lowest BCUT2D eigenvalue weighted by Crippen LogP contribution is -2.14. The molecule has 0 atom stereocenters. The summed E-state index contributed by atoms with van der Waals surface area (Å²) in [6.07, 6.45) is -4.70. The first kappa shape index (κ1) is 20.9. The quantitative estimate of drug-likeness (QED) is 0.614. The molecule has 29 heavy (non-hydrogen) atoms. The molecule has 0 unspecified atom stereocenters. The van der Waals surface area contributed by atoms with Crippen LogP contribution in [0.1, 0.15) is 11.3 Å². The lowest BCUT2D eigenvalue weighted by atomic mass is 9.97. The van der Waals surface area contributed by atoms with Crippen LogP contribution in [0.2, 0.25) is 0 Å². The van der Waals surface area contributed by atoms with Crippen molar-refractivity contribution in [2.24, 2.45) is 5.14 Å². The standard InChI is InChI=1S/C17H10F6N2O3S/c18-7-13-15(10-5-12(20)14(6-11(10)19)29(24,26)27)16(25-28-13)8-2-1-3-9(4-8)17(21,22)23/h1-6H,7H2,(H2,24,26,27). The highest BCUT2D eigenvalue weighted by atomic mass is 32.2. The van der Waals surface area contributed by atoms with Crippen LogP contribution in [0.25, 0.3) is 22.4 Å². The molecule has 3 aromatic rings. The number of rotatable bonds is 4. The van der Waals surface area contributed by atoms with Gasteiger partial charge < -0.3 is 4.52 Å². The van der Waals surface area contributed by atoms with Gasteiger partial charge in [-0.25, -0.2) is 26.7 Å². The minimum absolute atomic E-state index is 0.200. The van der Waals surface area contributed by atoms with Crippen molar-refractivity contribution in [3.05, 3.63) is 59.4 Å². The molecule has 0 aliphatic carbocycles. The van der Waals surface area contributed by atoms with Crippen molar-refractivity contribution in [3.8, 4) is 22.4 Å². The van der Waals surface area contributed by atoms with Gasteiger partial charge in [-0.3, -0.25) is 0 Å². The number of hydrogen-bond acceptors (Lipinski definition) is 4. The van der Waals surface area contributed by atoms with E-state index in [1.165, 1.54) is 6.07 Å². The largest absolute Gasteiger partial charge is 0.416 e. The minimum atomic E-state index is -4.70. The van der Waals surface area contributed by atoms with Crippen LogP contribution in [0.15, 0.2) is 45.8 Å². The fourth-order valence-corrected chi connectivity index (χ4v) is 3.27. The first-order valence-corrected chi connectivity index (χ1v) is 9.22. The van der Waals surface area contributed by atoms with Crippen LogP contribution >= 0.6 is 0 Å². The van der Waals surface area contributed by atoms with Gasteiger partial charge in [-0.2, -0.15) is 13.2 Å². The Bertz CT molecular complexity index is 1190. The molecule has 1 heterocycles. The number of sulfonamides is 1. The maximum atomic E-state index is 14.5. The highest BCUT2D eigenvalue weighted by Gasteiger charge is 2.32. The Morgan fingerprint density at radius 3 is 2.34 bits per heavy atom. The third-order valence-electron chi connectivity index (χ3n) is 3.94. The smallest absolute Gasteiger partial charge is 0.357 e. The van der Waals surface area contributed by atoms with Crippen LogP contribution in [0.3, 0.4) is 0 Å². The van der Waals surface area contributed by atoms with Gasteiger partial charge in [0, 0.05) is 11.1 Å². The molecular weight excluding hydrogens is 426 g/mol. The molecule has 154 valence electrons. The summed E-state index contributed by atoms with van der Waals surface area (Å²) >= 11 is 0. The summed E-state index contributed by atoms with van der Waals surface area (Å²) in [6.45, 7) is -1.33. The van der Waals surface area contributed by atoms with Gasteiger partial charge in [-0.1, -0.05) is 17.3 Å². The normalized spacial score (nSPS) is 12.4. The van der Waals surface area contributed by atoms with E-state index in [-0.39, 0.29) is 17.3 Å². The maximum absolute atomic E-state index is 14.5. The molecule has 12 heteroatoms. The van der Waals surface area contributed by atoms with Gasteiger partial charge in [0.05, 0.1) is 11.1 Å². The van der Waals surface area contributed by atoms with E-state index in [2.05, 4.69) is 5.16 Å². The van der Waals surface area contributed by atoms with E-state index in [4.69, 9.17) is 9.66 Å².